The van der Waals surface area contributed by atoms with Crippen molar-refractivity contribution in [1.82, 2.24) is 4.90 Å². The second-order valence-corrected chi connectivity index (χ2v) is 6.91. The largest absolute Gasteiger partial charge is 0.502 e. The molecule has 0 spiro atoms. The average molecular weight is 356 g/mol. The lowest BCUT2D eigenvalue weighted by Gasteiger charge is -2.33. The topological polar surface area (TPSA) is 54.0 Å². The highest BCUT2D eigenvalue weighted by molar-refractivity contribution is 5.52. The van der Waals surface area contributed by atoms with E-state index in [9.17, 15) is 5.11 Å². The minimum Gasteiger partial charge on any atom is -0.502 e. The molecule has 3 rings (SSSR count). The zero-order valence-corrected chi connectivity index (χ0v) is 15.8. The summed E-state index contributed by atoms with van der Waals surface area (Å²) in [5, 5.41) is 13.7. The van der Waals surface area contributed by atoms with E-state index in [1.54, 1.807) is 14.2 Å². The summed E-state index contributed by atoms with van der Waals surface area (Å²) in [5.41, 5.74) is 3.56. The van der Waals surface area contributed by atoms with Gasteiger partial charge in [-0.1, -0.05) is 17.7 Å². The Morgan fingerprint density at radius 2 is 1.62 bits per heavy atom. The zero-order valence-electron chi connectivity index (χ0n) is 15.8. The molecule has 0 aliphatic carbocycles. The first-order chi connectivity index (χ1) is 12.6. The van der Waals surface area contributed by atoms with E-state index in [-0.39, 0.29) is 5.75 Å². The number of benzene rings is 2. The van der Waals surface area contributed by atoms with Crippen LogP contribution in [0, 0.1) is 6.92 Å². The average Bonchev–Trinajstić information content (AvgIpc) is 2.66. The van der Waals surface area contributed by atoms with E-state index in [1.807, 2.05) is 12.1 Å². The van der Waals surface area contributed by atoms with Gasteiger partial charge in [0.1, 0.15) is 0 Å². The Bertz CT molecular complexity index is 698. The molecule has 0 radical (unpaired) electrons. The lowest BCUT2D eigenvalue weighted by Crippen LogP contribution is -2.38. The Kier molecular flexibility index (Phi) is 5.89. The number of phenols is 1. The number of anilines is 1. The minimum atomic E-state index is 0.0553. The fraction of sp³-hybridized carbons (Fsp3) is 0.429. The van der Waals surface area contributed by atoms with Crippen LogP contribution in [0.5, 0.6) is 17.2 Å². The van der Waals surface area contributed by atoms with Crippen LogP contribution in [0.1, 0.15) is 24.0 Å². The SMILES string of the molecule is COc1cc(CN2CCC(Nc3ccc(C)cc3)CC2)cc(OC)c1O. The molecule has 1 aliphatic rings. The van der Waals surface area contributed by atoms with E-state index in [1.165, 1.54) is 11.3 Å². The highest BCUT2D eigenvalue weighted by atomic mass is 16.5. The monoisotopic (exact) mass is 356 g/mol. The van der Waals surface area contributed by atoms with Gasteiger partial charge in [0, 0.05) is 31.4 Å². The maximum Gasteiger partial charge on any atom is 0.200 e. The van der Waals surface area contributed by atoms with Gasteiger partial charge in [-0.05, 0) is 49.6 Å². The summed E-state index contributed by atoms with van der Waals surface area (Å²) in [6.45, 7) is 5.00. The number of hydrogen-bond acceptors (Lipinski definition) is 5. The smallest absolute Gasteiger partial charge is 0.200 e. The molecule has 0 unspecified atom stereocenters. The predicted octanol–water partition coefficient (Wildman–Crippen LogP) is 3.79. The van der Waals surface area contributed by atoms with E-state index < -0.39 is 0 Å². The van der Waals surface area contributed by atoms with Crippen molar-refractivity contribution in [2.45, 2.75) is 32.4 Å². The van der Waals surface area contributed by atoms with Gasteiger partial charge in [-0.15, -0.1) is 0 Å². The number of aromatic hydroxyl groups is 1. The lowest BCUT2D eigenvalue weighted by molar-refractivity contribution is 0.210. The van der Waals surface area contributed by atoms with Crippen molar-refractivity contribution in [3.63, 3.8) is 0 Å². The molecule has 2 aromatic rings. The number of methoxy groups -OCH3 is 2. The van der Waals surface area contributed by atoms with Crippen molar-refractivity contribution < 1.29 is 14.6 Å². The number of phenolic OH excluding ortho intramolecular Hbond substituents is 1. The van der Waals surface area contributed by atoms with Crippen LogP contribution in [-0.4, -0.2) is 43.4 Å². The molecule has 0 saturated carbocycles. The quantitative estimate of drug-likeness (QED) is 0.825. The highest BCUT2D eigenvalue weighted by Crippen LogP contribution is 2.37. The summed E-state index contributed by atoms with van der Waals surface area (Å²) in [7, 11) is 3.11. The molecule has 0 bridgehead atoms. The summed E-state index contributed by atoms with van der Waals surface area (Å²) < 4.78 is 10.5. The van der Waals surface area contributed by atoms with Gasteiger partial charge in [0.15, 0.2) is 11.5 Å². The van der Waals surface area contributed by atoms with E-state index >= 15 is 0 Å². The van der Waals surface area contributed by atoms with E-state index in [2.05, 4.69) is 41.4 Å². The second-order valence-electron chi connectivity index (χ2n) is 6.91. The zero-order chi connectivity index (χ0) is 18.5. The summed E-state index contributed by atoms with van der Waals surface area (Å²) in [4.78, 5) is 2.43. The summed E-state index contributed by atoms with van der Waals surface area (Å²) in [6, 6.07) is 12.9. The van der Waals surface area contributed by atoms with E-state index in [0.29, 0.717) is 17.5 Å². The Morgan fingerprint density at radius 1 is 1.04 bits per heavy atom. The van der Waals surface area contributed by atoms with Gasteiger partial charge in [-0.2, -0.15) is 0 Å². The van der Waals surface area contributed by atoms with Crippen LogP contribution in [0.4, 0.5) is 5.69 Å². The van der Waals surface area contributed by atoms with Crippen molar-refractivity contribution >= 4 is 5.69 Å². The first kappa shape index (κ1) is 18.4. The second kappa shape index (κ2) is 8.32. The molecule has 0 atom stereocenters. The summed E-state index contributed by atoms with van der Waals surface area (Å²) in [5.74, 6) is 0.963. The Labute approximate surface area is 155 Å². The number of hydrogen-bond donors (Lipinski definition) is 2. The number of rotatable bonds is 6. The van der Waals surface area contributed by atoms with Gasteiger partial charge >= 0.3 is 0 Å². The van der Waals surface area contributed by atoms with Crippen LogP contribution in [0.3, 0.4) is 0 Å². The number of nitrogens with zero attached hydrogens (tertiary/aromatic N) is 1. The molecule has 26 heavy (non-hydrogen) atoms. The third kappa shape index (κ3) is 4.41. The fourth-order valence-corrected chi connectivity index (χ4v) is 3.42. The van der Waals surface area contributed by atoms with Gasteiger partial charge in [0.2, 0.25) is 5.75 Å². The van der Waals surface area contributed by atoms with Gasteiger partial charge in [0.05, 0.1) is 14.2 Å². The Balaban J connectivity index is 1.56. The molecule has 5 heteroatoms. The molecule has 1 fully saturated rings. The predicted molar refractivity (Wildman–Crippen MR) is 104 cm³/mol. The molecular formula is C21H28N2O3. The molecule has 2 aromatic carbocycles. The van der Waals surface area contributed by atoms with Gasteiger partial charge in [-0.25, -0.2) is 0 Å². The standard InChI is InChI=1S/C21H28N2O3/c1-15-4-6-17(7-5-15)22-18-8-10-23(11-9-18)14-16-12-19(25-2)21(24)20(13-16)26-3/h4-7,12-13,18,22,24H,8-11,14H2,1-3H3. The molecule has 5 nitrogen and oxygen atoms in total. The van der Waals surface area contributed by atoms with E-state index in [0.717, 1.165) is 38.0 Å². The number of aryl methyl sites for hydroxylation is 1. The van der Waals surface area contributed by atoms with E-state index in [4.69, 9.17) is 9.47 Å². The Morgan fingerprint density at radius 3 is 2.15 bits per heavy atom. The summed E-state index contributed by atoms with van der Waals surface area (Å²) >= 11 is 0. The maximum absolute atomic E-state index is 10.0. The van der Waals surface area contributed by atoms with Crippen LogP contribution >= 0.6 is 0 Å². The molecule has 2 N–H and O–H groups in total. The highest BCUT2D eigenvalue weighted by Gasteiger charge is 2.20. The third-order valence-corrected chi connectivity index (χ3v) is 4.96. The van der Waals surface area contributed by atoms with Crippen LogP contribution < -0.4 is 14.8 Å². The Hall–Kier alpha value is -2.40. The molecule has 1 heterocycles. The van der Waals surface area contributed by atoms with Gasteiger partial charge in [-0.3, -0.25) is 4.90 Å². The molecular weight excluding hydrogens is 328 g/mol. The van der Waals surface area contributed by atoms with Crippen LogP contribution in [0.15, 0.2) is 36.4 Å². The van der Waals surface area contributed by atoms with Crippen molar-refractivity contribution in [2.75, 3.05) is 32.6 Å². The van der Waals surface area contributed by atoms with Crippen molar-refractivity contribution in [3.8, 4) is 17.2 Å². The molecule has 0 aromatic heterocycles. The lowest BCUT2D eigenvalue weighted by atomic mass is 10.0. The normalized spacial score (nSPS) is 15.7. The van der Waals surface area contributed by atoms with Crippen LogP contribution in [-0.2, 0) is 6.54 Å². The number of likely N-dealkylation sites (tertiary alicyclic amines) is 1. The first-order valence-corrected chi connectivity index (χ1v) is 9.08. The van der Waals surface area contributed by atoms with Crippen molar-refractivity contribution in [2.24, 2.45) is 0 Å². The maximum atomic E-state index is 10.0. The molecule has 140 valence electrons. The molecule has 1 aliphatic heterocycles. The van der Waals surface area contributed by atoms with Crippen molar-refractivity contribution in [3.05, 3.63) is 47.5 Å². The molecule has 0 amide bonds. The minimum absolute atomic E-state index is 0.0553. The fourth-order valence-electron chi connectivity index (χ4n) is 3.42. The van der Waals surface area contributed by atoms with Crippen LogP contribution in [0.25, 0.3) is 0 Å². The number of ether oxygens (including phenoxy) is 2. The van der Waals surface area contributed by atoms with Gasteiger partial charge < -0.3 is 19.9 Å². The third-order valence-electron chi connectivity index (χ3n) is 4.96. The van der Waals surface area contributed by atoms with Crippen molar-refractivity contribution in [1.29, 1.82) is 0 Å². The van der Waals surface area contributed by atoms with Crippen LogP contribution in [0.2, 0.25) is 0 Å². The number of nitrogens with one attached hydrogen (secondary N) is 1. The number of piperidine rings is 1. The van der Waals surface area contributed by atoms with Gasteiger partial charge in [0.25, 0.3) is 0 Å². The summed E-state index contributed by atoms with van der Waals surface area (Å²) in [6.07, 6.45) is 2.22. The first-order valence-electron chi connectivity index (χ1n) is 9.08. The molecule has 1 saturated heterocycles.